The minimum Gasteiger partial charge on any atom is -0.510 e. The number of benzene rings is 8. The fraction of sp³-hybridized carbons (Fsp3) is 0.0167. The summed E-state index contributed by atoms with van der Waals surface area (Å²) in [5.41, 5.74) is 4.63. The molecule has 13 rings (SSSR count). The summed E-state index contributed by atoms with van der Waals surface area (Å²) in [5.74, 6) is 0.906. The first kappa shape index (κ1) is 29.3. The van der Waals surface area contributed by atoms with E-state index in [0.29, 0.717) is 45.1 Å². The van der Waals surface area contributed by atoms with Gasteiger partial charge in [-0.25, -0.2) is 9.97 Å². The van der Waals surface area contributed by atoms with Gasteiger partial charge in [0.15, 0.2) is 0 Å². The molecule has 7 nitrogen and oxygen atoms in total. The molecular weight excluding hydrogens is 1020 g/mol. The van der Waals surface area contributed by atoms with Crippen LogP contribution in [0.15, 0.2) is 212 Å². The molecule has 13 aromatic rings. The molecule has 0 atom stereocenters. The number of para-hydroxylation sites is 5. The van der Waals surface area contributed by atoms with E-state index in [-0.39, 0.29) is 60.3 Å². The Labute approximate surface area is 424 Å². The second kappa shape index (κ2) is 16.8. The van der Waals surface area contributed by atoms with Gasteiger partial charge in [-0.1, -0.05) is 145 Å². The third-order valence-electron chi connectivity index (χ3n) is 11.9. The Kier molecular flexibility index (Phi) is 7.24. The third-order valence-corrected chi connectivity index (χ3v) is 11.9. The Morgan fingerprint density at radius 2 is 1.24 bits per heavy atom. The van der Waals surface area contributed by atoms with Crippen LogP contribution in [0.4, 0.5) is 0 Å². The number of imidazole rings is 1. The van der Waals surface area contributed by atoms with Crippen molar-refractivity contribution in [1.82, 2.24) is 23.7 Å². The molecule has 0 saturated heterocycles. The fourth-order valence-electron chi connectivity index (χ4n) is 9.06. The van der Waals surface area contributed by atoms with Crippen LogP contribution in [0.5, 0.6) is 11.5 Å². The minimum absolute atomic E-state index is 0. The molecule has 0 N–H and O–H groups in total. The number of fused-ring (bicyclic) bond motifs is 7. The first-order valence-electron chi connectivity index (χ1n) is 27.8. The van der Waals surface area contributed by atoms with Gasteiger partial charge in [0.05, 0.1) is 47.8 Å². The van der Waals surface area contributed by atoms with Gasteiger partial charge in [0.2, 0.25) is 0 Å². The molecule has 5 aromatic heterocycles. The maximum Gasteiger partial charge on any atom is 0.268 e. The minimum atomic E-state index is -2.57. The smallest absolute Gasteiger partial charge is 0.268 e. The molecule has 0 saturated carbocycles. The average Bonchev–Trinajstić information content (AvgIpc) is 4.20. The summed E-state index contributed by atoms with van der Waals surface area (Å²) in [7, 11) is 0. The predicted octanol–water partition coefficient (Wildman–Crippen LogP) is 13.7. The van der Waals surface area contributed by atoms with Crippen LogP contribution in [-0.4, -0.2) is 23.7 Å². The van der Waals surface area contributed by atoms with Crippen molar-refractivity contribution in [2.45, 2.75) is 6.85 Å². The van der Waals surface area contributed by atoms with Gasteiger partial charge in [-0.15, -0.1) is 29.7 Å². The van der Waals surface area contributed by atoms with Crippen molar-refractivity contribution in [3.05, 3.63) is 236 Å². The van der Waals surface area contributed by atoms with Gasteiger partial charge in [0, 0.05) is 59.2 Å². The Bertz CT molecular complexity index is 4580. The van der Waals surface area contributed by atoms with Crippen molar-refractivity contribution in [1.29, 1.82) is 0 Å². The first-order chi connectivity index (χ1) is 38.5. The summed E-state index contributed by atoms with van der Waals surface area (Å²) in [4.78, 5) is 9.65. The van der Waals surface area contributed by atoms with Crippen LogP contribution in [0.1, 0.15) is 23.4 Å². The summed E-state index contributed by atoms with van der Waals surface area (Å²) < 4.78 is 127. The molecule has 8 aromatic carbocycles. The predicted molar refractivity (Wildman–Crippen MR) is 268 cm³/mol. The Hall–Kier alpha value is -8.38. The number of aryl methyl sites for hydroxylation is 1. The summed E-state index contributed by atoms with van der Waals surface area (Å²) in [6, 6.07) is 43.0. The number of pyridine rings is 2. The van der Waals surface area contributed by atoms with E-state index in [9.17, 15) is 0 Å². The van der Waals surface area contributed by atoms with Gasteiger partial charge in [0.1, 0.15) is 11.5 Å². The summed E-state index contributed by atoms with van der Waals surface area (Å²) in [6.07, 6.45) is 6.64. The van der Waals surface area contributed by atoms with E-state index in [0.717, 1.165) is 32.6 Å². The van der Waals surface area contributed by atoms with E-state index in [4.69, 9.17) is 27.5 Å². The first-order valence-corrected chi connectivity index (χ1v) is 21.3. The monoisotopic (exact) mass is 1070 g/mol. The normalized spacial score (nSPS) is 14.4. The molecule has 0 aliphatic carbocycles. The van der Waals surface area contributed by atoms with Crippen LogP contribution in [0, 0.1) is 25.3 Å². The van der Waals surface area contributed by atoms with Crippen molar-refractivity contribution in [2.24, 2.45) is 0 Å². The Morgan fingerprint density at radius 1 is 0.588 bits per heavy atom. The van der Waals surface area contributed by atoms with E-state index in [1.54, 1.807) is 82.2 Å². The molecular formula is C60H38N6OPt-2. The van der Waals surface area contributed by atoms with E-state index >= 15 is 0 Å². The third kappa shape index (κ3) is 6.73. The molecule has 0 unspecified atom stereocenters. The number of hydrogen-bond acceptors (Lipinski definition) is 3. The zero-order valence-electron chi connectivity index (χ0n) is 48.3. The number of aromatic nitrogens is 6. The van der Waals surface area contributed by atoms with Crippen molar-refractivity contribution in [3.8, 4) is 56.6 Å². The molecule has 0 amide bonds. The average molecular weight is 1070 g/mol. The van der Waals surface area contributed by atoms with Crippen LogP contribution >= 0.6 is 0 Å². The summed E-state index contributed by atoms with van der Waals surface area (Å²) in [5, 5.41) is 3.48. The largest absolute Gasteiger partial charge is 0.510 e. The van der Waals surface area contributed by atoms with E-state index < -0.39 is 67.3 Å². The molecule has 0 aliphatic rings. The van der Waals surface area contributed by atoms with Gasteiger partial charge < -0.3 is 13.9 Å². The zero-order valence-corrected chi connectivity index (χ0v) is 37.6. The summed E-state index contributed by atoms with van der Waals surface area (Å²) >= 11 is 0. The van der Waals surface area contributed by atoms with E-state index in [2.05, 4.69) is 23.4 Å². The number of rotatable bonds is 8. The van der Waals surface area contributed by atoms with Crippen LogP contribution in [0.2, 0.25) is 0 Å². The fourth-order valence-corrected chi connectivity index (χ4v) is 9.06. The molecule has 68 heavy (non-hydrogen) atoms. The molecule has 0 fully saturated rings. The van der Waals surface area contributed by atoms with Gasteiger partial charge >= 0.3 is 0 Å². The number of ether oxygens (including phenoxy) is 1. The Balaban J connectivity index is 0.00000651. The quantitative estimate of drug-likeness (QED) is 0.113. The Morgan fingerprint density at radius 3 is 1.99 bits per heavy atom. The molecule has 5 heterocycles. The molecule has 8 heteroatoms. The molecule has 0 radical (unpaired) electrons. The van der Waals surface area contributed by atoms with Crippen molar-refractivity contribution >= 4 is 54.8 Å². The van der Waals surface area contributed by atoms with Crippen molar-refractivity contribution < 1.29 is 48.2 Å². The maximum atomic E-state index is 9.04. The molecule has 326 valence electrons. The van der Waals surface area contributed by atoms with Gasteiger partial charge in [-0.3, -0.25) is 9.13 Å². The van der Waals surface area contributed by atoms with Crippen LogP contribution in [0.25, 0.3) is 99.9 Å². The van der Waals surface area contributed by atoms with Crippen molar-refractivity contribution in [3.63, 3.8) is 0 Å². The van der Waals surface area contributed by atoms with Gasteiger partial charge in [-0.05, 0) is 76.1 Å². The standard InChI is InChI=1S/C60H38N6O.Pt/c1-40-35-58(62-38-57(40)66-53-29-11-9-24-49(53)51-27-16-34-61-60(51)66)65-52-28-10-8-23-48(52)50-33-32-45(37-56(50)65)67-44-22-14-21-43(36-44)63-39-64(55-31-13-12-30-54(55)63)59-46(41-17-4-2-5-18-41)25-15-26-47(59)42-19-6-3-7-20-42;/h2-35,38H,1H3;/q-2;/i1D3,2D,3D,4D,5D,6D,7D,17D,18D,19D,20D;. The second-order valence-corrected chi connectivity index (χ2v) is 15.7. The zero-order chi connectivity index (χ0) is 55.6. The van der Waals surface area contributed by atoms with Crippen LogP contribution in [-0.2, 0) is 21.1 Å². The molecule has 0 spiro atoms. The maximum absolute atomic E-state index is 9.04. The van der Waals surface area contributed by atoms with E-state index in [1.807, 2.05) is 88.0 Å². The molecule has 0 bridgehead atoms. The van der Waals surface area contributed by atoms with Crippen LogP contribution in [0.3, 0.4) is 0 Å². The summed E-state index contributed by atoms with van der Waals surface area (Å²) in [6.45, 7) is -2.57. The van der Waals surface area contributed by atoms with E-state index in [1.165, 1.54) is 0 Å². The number of hydrogen-bond donors (Lipinski definition) is 0. The second-order valence-electron chi connectivity index (χ2n) is 15.7. The molecule has 0 aliphatic heterocycles. The van der Waals surface area contributed by atoms with Crippen molar-refractivity contribution in [2.75, 3.05) is 0 Å². The number of nitrogens with zero attached hydrogens (tertiary/aromatic N) is 6. The van der Waals surface area contributed by atoms with Crippen LogP contribution < -0.4 is 9.30 Å². The topological polar surface area (TPSA) is 53.7 Å². The SMILES string of the molecule is [2H]c1c([2H])c([2H])c(-c2cccc(-c3c([2H])c([2H])c([2H])c([2H])c3[2H])c2-[n+]2[c-]n(-c3[c-]c(Oc4[c-]c5c(cc4)c4ccccc4n5-c4cc(C([2H])([2H])[2H])c(-n5c6ccccc6c6cccnc65)cn4)ccc3)c3ccccc32)c([2H])c1[2H].[Pt]. The van der Waals surface area contributed by atoms with Gasteiger partial charge in [0.25, 0.3) is 6.33 Å². The van der Waals surface area contributed by atoms with Gasteiger partial charge in [-0.2, -0.15) is 18.2 Å².